The predicted molar refractivity (Wildman–Crippen MR) is 161 cm³/mol. The van der Waals surface area contributed by atoms with Gasteiger partial charge in [-0.1, -0.05) is 158 Å². The van der Waals surface area contributed by atoms with Crippen LogP contribution in [0.2, 0.25) is 0 Å². The van der Waals surface area contributed by atoms with E-state index in [2.05, 4.69) is 25.8 Å². The first-order valence-corrected chi connectivity index (χ1v) is 13.4. The first-order valence-electron chi connectivity index (χ1n) is 13.4. The predicted octanol–water partition coefficient (Wildman–Crippen LogP) is 11.7. The number of aliphatic hydroxyl groups is 1. The molecule has 204 valence electrons. The van der Waals surface area contributed by atoms with Crippen LogP contribution in [-0.4, -0.2) is 19.3 Å². The second-order valence-electron chi connectivity index (χ2n) is 1.68. The zero-order valence-electron chi connectivity index (χ0n) is 27.4. The largest absolute Gasteiger partial charge is 0.400 e. The standard InChI is InChI=1S/C4H8.10C2H6.C2H4.CH5N.CH4O/c1-4-2-3-4;13*1-2/h4H,2-3H2,1H3;10*1-2H3;1-2H2;2H2,1H3;2H,1H3. The number of aliphatic hydroxyl groups excluding tert-OH is 1. The van der Waals surface area contributed by atoms with Gasteiger partial charge in [-0.3, -0.25) is 0 Å². The van der Waals surface area contributed by atoms with Gasteiger partial charge in [0.25, 0.3) is 0 Å². The van der Waals surface area contributed by atoms with E-state index in [0.717, 1.165) is 13.0 Å². The van der Waals surface area contributed by atoms with Gasteiger partial charge < -0.3 is 10.8 Å². The Hall–Kier alpha value is -0.340. The lowest BCUT2D eigenvalue weighted by molar-refractivity contribution is 0.399. The molecule has 1 fully saturated rings. The third-order valence-corrected chi connectivity index (χ3v) is 0.866. The zero-order valence-corrected chi connectivity index (χ0v) is 27.4. The Labute approximate surface area is 202 Å². The smallest absolute Gasteiger partial charge is 0.0319 e. The van der Waals surface area contributed by atoms with Crippen LogP contribution in [0, 0.1) is 5.92 Å². The van der Waals surface area contributed by atoms with Gasteiger partial charge in [-0.05, 0) is 13.0 Å². The Balaban J connectivity index is -0.00000000955. The van der Waals surface area contributed by atoms with Crippen LogP contribution in [0.15, 0.2) is 13.2 Å². The lowest BCUT2D eigenvalue weighted by atomic mass is 10.5. The fourth-order valence-corrected chi connectivity index (χ4v) is 0.167. The lowest BCUT2D eigenvalue weighted by Crippen LogP contribution is -1.69. The molecule has 1 aliphatic carbocycles. The van der Waals surface area contributed by atoms with Gasteiger partial charge in [-0.2, -0.15) is 0 Å². The van der Waals surface area contributed by atoms with Crippen molar-refractivity contribution in [3.8, 4) is 0 Å². The highest BCUT2D eigenvalue weighted by atomic mass is 16.2. The quantitative estimate of drug-likeness (QED) is 0.362. The Morgan fingerprint density at radius 2 is 0.467 bits per heavy atom. The number of hydrogen-bond donors (Lipinski definition) is 2. The number of hydrogen-bond acceptors (Lipinski definition) is 2. The van der Waals surface area contributed by atoms with E-state index < -0.39 is 0 Å². The minimum Gasteiger partial charge on any atom is -0.400 e. The van der Waals surface area contributed by atoms with E-state index in [1.807, 2.05) is 138 Å². The fourth-order valence-electron chi connectivity index (χ4n) is 0.167. The van der Waals surface area contributed by atoms with Gasteiger partial charge in [0, 0.05) is 7.11 Å². The summed E-state index contributed by atoms with van der Waals surface area (Å²) in [5.41, 5.74) is 4.50. The van der Waals surface area contributed by atoms with Crippen molar-refractivity contribution in [2.24, 2.45) is 11.7 Å². The molecule has 2 nitrogen and oxygen atoms in total. The molecule has 0 aliphatic heterocycles. The molecule has 0 aromatic rings. The van der Waals surface area contributed by atoms with Crippen molar-refractivity contribution in [3.63, 3.8) is 0 Å². The van der Waals surface area contributed by atoms with Crippen LogP contribution in [0.5, 0.6) is 0 Å². The van der Waals surface area contributed by atoms with Crippen molar-refractivity contribution < 1.29 is 5.11 Å². The van der Waals surface area contributed by atoms with Crippen LogP contribution >= 0.6 is 0 Å². The molecule has 0 atom stereocenters. The van der Waals surface area contributed by atoms with Gasteiger partial charge in [0.2, 0.25) is 0 Å². The van der Waals surface area contributed by atoms with E-state index in [9.17, 15) is 0 Å². The Bertz CT molecular complexity index is 39.6. The van der Waals surface area contributed by atoms with Crippen molar-refractivity contribution in [3.05, 3.63) is 13.2 Å². The van der Waals surface area contributed by atoms with Gasteiger partial charge in [0.05, 0.1) is 0 Å². The second kappa shape index (κ2) is 1010. The normalized spacial score (nSPS) is 6.03. The molecule has 0 saturated heterocycles. The van der Waals surface area contributed by atoms with Crippen LogP contribution in [0.1, 0.15) is 158 Å². The highest BCUT2D eigenvalue weighted by Crippen LogP contribution is 2.26. The maximum atomic E-state index is 7.00. The molecule has 1 saturated carbocycles. The minimum atomic E-state index is 1.00. The van der Waals surface area contributed by atoms with Crippen LogP contribution in [0.3, 0.4) is 0 Å². The highest BCUT2D eigenvalue weighted by Gasteiger charge is 2.12. The average Bonchev–Trinajstić information content (AvgIpc) is 3.76. The van der Waals surface area contributed by atoms with Gasteiger partial charge in [0.15, 0.2) is 0 Å². The lowest BCUT2D eigenvalue weighted by Gasteiger charge is -1.53. The monoisotopic (exact) mass is 448 g/mol. The van der Waals surface area contributed by atoms with E-state index in [0.29, 0.717) is 0 Å². The summed E-state index contributed by atoms with van der Waals surface area (Å²) in [4.78, 5) is 0. The first-order chi connectivity index (χ1) is 14.9. The number of rotatable bonds is 0. The van der Waals surface area contributed by atoms with Crippen molar-refractivity contribution in [2.45, 2.75) is 158 Å². The number of nitrogens with two attached hydrogens (primary N) is 1. The fraction of sp³-hybridized carbons (Fsp3) is 0.929. The summed E-state index contributed by atoms with van der Waals surface area (Å²) in [7, 11) is 2.50. The van der Waals surface area contributed by atoms with E-state index in [4.69, 9.17) is 5.11 Å². The summed E-state index contributed by atoms with van der Waals surface area (Å²) < 4.78 is 0. The summed E-state index contributed by atoms with van der Waals surface area (Å²) in [6.45, 7) is 48.3. The molecule has 0 radical (unpaired) electrons. The molecule has 1 rings (SSSR count). The molecule has 1 aliphatic rings. The Kier molecular flexibility index (Phi) is 2950. The van der Waals surface area contributed by atoms with E-state index in [-0.39, 0.29) is 0 Å². The third-order valence-electron chi connectivity index (χ3n) is 0.866. The molecule has 0 spiro atoms. The topological polar surface area (TPSA) is 46.2 Å². The summed E-state index contributed by atoms with van der Waals surface area (Å²) in [5.74, 6) is 1.08. The summed E-state index contributed by atoms with van der Waals surface area (Å²) in [5, 5.41) is 7.00. The molecular formula is C28H81NO. The van der Waals surface area contributed by atoms with Gasteiger partial charge in [-0.15, -0.1) is 13.2 Å². The maximum Gasteiger partial charge on any atom is 0.0319 e. The molecule has 0 aromatic heterocycles. The van der Waals surface area contributed by atoms with Crippen LogP contribution in [0.4, 0.5) is 0 Å². The van der Waals surface area contributed by atoms with Crippen LogP contribution < -0.4 is 5.73 Å². The van der Waals surface area contributed by atoms with Crippen molar-refractivity contribution >= 4 is 0 Å². The average molecular weight is 448 g/mol. The van der Waals surface area contributed by atoms with E-state index in [1.165, 1.54) is 19.9 Å². The Morgan fingerprint density at radius 3 is 0.467 bits per heavy atom. The molecule has 2 heteroatoms. The van der Waals surface area contributed by atoms with E-state index >= 15 is 0 Å². The molecule has 0 bridgehead atoms. The third kappa shape index (κ3) is 2780. The molecule has 3 N–H and O–H groups in total. The summed E-state index contributed by atoms with van der Waals surface area (Å²) >= 11 is 0. The van der Waals surface area contributed by atoms with Gasteiger partial charge >= 0.3 is 0 Å². The summed E-state index contributed by atoms with van der Waals surface area (Å²) in [6, 6.07) is 0. The molecule has 0 aromatic carbocycles. The molecule has 0 heterocycles. The van der Waals surface area contributed by atoms with Crippen LogP contribution in [-0.2, 0) is 0 Å². The molecule has 30 heavy (non-hydrogen) atoms. The minimum absolute atomic E-state index is 1.00. The molecular weight excluding hydrogens is 366 g/mol. The Morgan fingerprint density at radius 1 is 0.433 bits per heavy atom. The maximum absolute atomic E-state index is 7.00. The van der Waals surface area contributed by atoms with Crippen molar-refractivity contribution in [1.29, 1.82) is 0 Å². The van der Waals surface area contributed by atoms with Gasteiger partial charge in [-0.25, -0.2) is 0 Å². The molecule has 0 amide bonds. The highest BCUT2D eigenvalue weighted by molar-refractivity contribution is 4.65. The zero-order chi connectivity index (χ0) is 29.0. The summed E-state index contributed by atoms with van der Waals surface area (Å²) in [6.07, 6.45) is 2.97. The van der Waals surface area contributed by atoms with Gasteiger partial charge in [0.1, 0.15) is 0 Å². The molecule has 0 unspecified atom stereocenters. The second-order valence-corrected chi connectivity index (χ2v) is 1.68. The van der Waals surface area contributed by atoms with Crippen molar-refractivity contribution in [1.82, 2.24) is 0 Å². The van der Waals surface area contributed by atoms with E-state index in [1.54, 1.807) is 0 Å². The first kappa shape index (κ1) is 87.8. The van der Waals surface area contributed by atoms with Crippen LogP contribution in [0.25, 0.3) is 0 Å². The SMILES string of the molecule is C=C.CC.CC.CC.CC.CC.CC.CC.CC.CC.CC.CC1CC1.CN.CO. The van der Waals surface area contributed by atoms with Crippen molar-refractivity contribution in [2.75, 3.05) is 14.2 Å².